The van der Waals surface area contributed by atoms with Crippen molar-refractivity contribution in [1.29, 1.82) is 0 Å². The summed E-state index contributed by atoms with van der Waals surface area (Å²) in [6.45, 7) is 6.90. The van der Waals surface area contributed by atoms with Gasteiger partial charge in [0.2, 0.25) is 0 Å². The number of hydrogen-bond donors (Lipinski definition) is 1. The number of aromatic amines is 1. The second-order valence-corrected chi connectivity index (χ2v) is 5.58. The number of rotatable bonds is 4. The fourth-order valence-corrected chi connectivity index (χ4v) is 2.61. The van der Waals surface area contributed by atoms with Gasteiger partial charge in [0.25, 0.3) is 0 Å². The maximum absolute atomic E-state index is 5.78. The molecule has 1 N–H and O–H groups in total. The molecule has 0 aliphatic rings. The SMILES string of the molecule is Cc1cccc(OCCc2nc3c(C)cc(C)cc3[nH]2)c1. The van der Waals surface area contributed by atoms with Gasteiger partial charge in [-0.05, 0) is 55.7 Å². The lowest BCUT2D eigenvalue weighted by molar-refractivity contribution is 0.319. The molecule has 0 atom stereocenters. The Kier molecular flexibility index (Phi) is 3.65. The van der Waals surface area contributed by atoms with Crippen molar-refractivity contribution in [2.24, 2.45) is 0 Å². The van der Waals surface area contributed by atoms with Crippen molar-refractivity contribution < 1.29 is 4.74 Å². The number of H-pyrrole nitrogens is 1. The molecule has 0 amide bonds. The van der Waals surface area contributed by atoms with Crippen molar-refractivity contribution in [3.05, 3.63) is 58.9 Å². The molecule has 1 heterocycles. The van der Waals surface area contributed by atoms with Crippen LogP contribution in [-0.4, -0.2) is 16.6 Å². The molecule has 21 heavy (non-hydrogen) atoms. The van der Waals surface area contributed by atoms with Crippen LogP contribution in [0.25, 0.3) is 11.0 Å². The van der Waals surface area contributed by atoms with E-state index in [1.54, 1.807) is 0 Å². The molecule has 108 valence electrons. The van der Waals surface area contributed by atoms with Crippen LogP contribution in [0, 0.1) is 20.8 Å². The highest BCUT2D eigenvalue weighted by molar-refractivity contribution is 5.79. The summed E-state index contributed by atoms with van der Waals surface area (Å²) >= 11 is 0. The minimum atomic E-state index is 0.626. The molecule has 3 aromatic rings. The average molecular weight is 280 g/mol. The number of aryl methyl sites for hydroxylation is 3. The van der Waals surface area contributed by atoms with Gasteiger partial charge in [-0.15, -0.1) is 0 Å². The highest BCUT2D eigenvalue weighted by atomic mass is 16.5. The largest absolute Gasteiger partial charge is 0.493 e. The van der Waals surface area contributed by atoms with E-state index in [2.05, 4.69) is 48.9 Å². The smallest absolute Gasteiger partial charge is 0.119 e. The van der Waals surface area contributed by atoms with E-state index in [0.29, 0.717) is 6.61 Å². The molecule has 0 saturated carbocycles. The van der Waals surface area contributed by atoms with Crippen LogP contribution in [0.15, 0.2) is 36.4 Å². The van der Waals surface area contributed by atoms with Crippen LogP contribution in [0.5, 0.6) is 5.75 Å². The van der Waals surface area contributed by atoms with Gasteiger partial charge in [0.15, 0.2) is 0 Å². The van der Waals surface area contributed by atoms with Crippen LogP contribution >= 0.6 is 0 Å². The normalized spacial score (nSPS) is 11.0. The van der Waals surface area contributed by atoms with Gasteiger partial charge < -0.3 is 9.72 Å². The second-order valence-electron chi connectivity index (χ2n) is 5.58. The minimum Gasteiger partial charge on any atom is -0.493 e. The van der Waals surface area contributed by atoms with E-state index in [1.807, 2.05) is 18.2 Å². The maximum Gasteiger partial charge on any atom is 0.119 e. The summed E-state index contributed by atoms with van der Waals surface area (Å²) in [6, 6.07) is 12.4. The zero-order chi connectivity index (χ0) is 14.8. The number of imidazole rings is 1. The number of benzene rings is 2. The van der Waals surface area contributed by atoms with Crippen molar-refractivity contribution in [2.75, 3.05) is 6.61 Å². The highest BCUT2D eigenvalue weighted by Crippen LogP contribution is 2.19. The van der Waals surface area contributed by atoms with E-state index < -0.39 is 0 Å². The third-order valence-corrected chi connectivity index (χ3v) is 3.57. The van der Waals surface area contributed by atoms with Gasteiger partial charge in [-0.3, -0.25) is 0 Å². The second kappa shape index (κ2) is 5.60. The first-order chi connectivity index (χ1) is 10.1. The molecular formula is C18H20N2O. The predicted molar refractivity (Wildman–Crippen MR) is 85.9 cm³/mol. The monoisotopic (exact) mass is 280 g/mol. The van der Waals surface area contributed by atoms with Gasteiger partial charge in [-0.25, -0.2) is 4.98 Å². The van der Waals surface area contributed by atoms with Crippen molar-refractivity contribution >= 4 is 11.0 Å². The van der Waals surface area contributed by atoms with Gasteiger partial charge in [0.05, 0.1) is 17.6 Å². The number of ether oxygens (including phenoxy) is 1. The van der Waals surface area contributed by atoms with E-state index in [0.717, 1.165) is 29.0 Å². The molecule has 1 aromatic heterocycles. The summed E-state index contributed by atoms with van der Waals surface area (Å²) in [4.78, 5) is 8.05. The molecule has 0 aliphatic carbocycles. The Morgan fingerprint density at radius 2 is 1.90 bits per heavy atom. The summed E-state index contributed by atoms with van der Waals surface area (Å²) < 4.78 is 5.78. The molecule has 0 radical (unpaired) electrons. The first-order valence-electron chi connectivity index (χ1n) is 7.27. The van der Waals surface area contributed by atoms with E-state index in [-0.39, 0.29) is 0 Å². The van der Waals surface area contributed by atoms with Gasteiger partial charge >= 0.3 is 0 Å². The van der Waals surface area contributed by atoms with E-state index in [9.17, 15) is 0 Å². The lowest BCUT2D eigenvalue weighted by atomic mass is 10.1. The molecule has 3 rings (SSSR count). The molecule has 0 unspecified atom stereocenters. The van der Waals surface area contributed by atoms with Gasteiger partial charge in [0.1, 0.15) is 11.6 Å². The molecule has 2 aromatic carbocycles. The Labute approximate surface area is 125 Å². The standard InChI is InChI=1S/C18H20N2O/c1-12-5-4-6-15(10-12)21-8-7-17-19-16-11-13(2)9-14(3)18(16)20-17/h4-6,9-11H,7-8H2,1-3H3,(H,19,20). The molecule has 0 aliphatic heterocycles. The lowest BCUT2D eigenvalue weighted by Gasteiger charge is -2.05. The van der Waals surface area contributed by atoms with Gasteiger partial charge in [0, 0.05) is 6.42 Å². The van der Waals surface area contributed by atoms with Crippen LogP contribution in [0.4, 0.5) is 0 Å². The number of hydrogen-bond acceptors (Lipinski definition) is 2. The van der Waals surface area contributed by atoms with E-state index in [4.69, 9.17) is 4.74 Å². The fraction of sp³-hybridized carbons (Fsp3) is 0.278. The predicted octanol–water partition coefficient (Wildman–Crippen LogP) is 4.11. The lowest BCUT2D eigenvalue weighted by Crippen LogP contribution is -2.02. The number of nitrogens with one attached hydrogen (secondary N) is 1. The van der Waals surface area contributed by atoms with Gasteiger partial charge in [-0.2, -0.15) is 0 Å². The molecule has 3 nitrogen and oxygen atoms in total. The Hall–Kier alpha value is -2.29. The Bertz CT molecular complexity index is 774. The highest BCUT2D eigenvalue weighted by Gasteiger charge is 2.06. The summed E-state index contributed by atoms with van der Waals surface area (Å²) in [5.41, 5.74) is 5.85. The fourth-order valence-electron chi connectivity index (χ4n) is 2.61. The molecule has 3 heteroatoms. The van der Waals surface area contributed by atoms with Gasteiger partial charge in [-0.1, -0.05) is 18.2 Å². The van der Waals surface area contributed by atoms with E-state index in [1.165, 1.54) is 16.7 Å². The first-order valence-corrected chi connectivity index (χ1v) is 7.27. The summed E-state index contributed by atoms with van der Waals surface area (Å²) in [5, 5.41) is 0. The van der Waals surface area contributed by atoms with Crippen molar-refractivity contribution in [1.82, 2.24) is 9.97 Å². The van der Waals surface area contributed by atoms with Crippen LogP contribution in [0.2, 0.25) is 0 Å². The number of aromatic nitrogens is 2. The topological polar surface area (TPSA) is 37.9 Å². The zero-order valence-corrected chi connectivity index (χ0v) is 12.7. The summed E-state index contributed by atoms with van der Waals surface area (Å²) in [7, 11) is 0. The summed E-state index contributed by atoms with van der Waals surface area (Å²) in [6.07, 6.45) is 0.779. The van der Waals surface area contributed by atoms with Crippen LogP contribution in [0.3, 0.4) is 0 Å². The van der Waals surface area contributed by atoms with Crippen LogP contribution < -0.4 is 4.74 Å². The number of nitrogens with zero attached hydrogens (tertiary/aromatic N) is 1. The zero-order valence-electron chi connectivity index (χ0n) is 12.7. The van der Waals surface area contributed by atoms with Crippen molar-refractivity contribution in [2.45, 2.75) is 27.2 Å². The average Bonchev–Trinajstić information content (AvgIpc) is 2.82. The molecule has 0 spiro atoms. The minimum absolute atomic E-state index is 0.626. The Balaban J connectivity index is 1.69. The van der Waals surface area contributed by atoms with Crippen LogP contribution in [-0.2, 0) is 6.42 Å². The molecule has 0 saturated heterocycles. The molecular weight excluding hydrogens is 260 g/mol. The third kappa shape index (κ3) is 3.07. The summed E-state index contributed by atoms with van der Waals surface area (Å²) in [5.74, 6) is 1.89. The van der Waals surface area contributed by atoms with Crippen LogP contribution in [0.1, 0.15) is 22.5 Å². The third-order valence-electron chi connectivity index (χ3n) is 3.57. The molecule has 0 bridgehead atoms. The van der Waals surface area contributed by atoms with Crippen molar-refractivity contribution in [3.8, 4) is 5.75 Å². The maximum atomic E-state index is 5.78. The Morgan fingerprint density at radius 1 is 1.05 bits per heavy atom. The Morgan fingerprint density at radius 3 is 2.71 bits per heavy atom. The first kappa shape index (κ1) is 13.7. The van der Waals surface area contributed by atoms with Crippen molar-refractivity contribution in [3.63, 3.8) is 0 Å². The quantitative estimate of drug-likeness (QED) is 0.781. The number of fused-ring (bicyclic) bond motifs is 1. The van der Waals surface area contributed by atoms with E-state index >= 15 is 0 Å². The molecule has 0 fully saturated rings.